The van der Waals surface area contributed by atoms with Crippen LogP contribution in [0.15, 0.2) is 24.3 Å². The number of amides is 1. The maximum Gasteiger partial charge on any atom is 0.233 e. The van der Waals surface area contributed by atoms with Crippen LogP contribution in [0, 0.1) is 5.92 Å². The van der Waals surface area contributed by atoms with Gasteiger partial charge in [-0.15, -0.1) is 0 Å². The summed E-state index contributed by atoms with van der Waals surface area (Å²) in [6, 6.07) is 8.28. The molecule has 2 saturated carbocycles. The van der Waals surface area contributed by atoms with E-state index in [-0.39, 0.29) is 5.41 Å². The molecule has 114 valence electrons. The van der Waals surface area contributed by atoms with Crippen molar-refractivity contribution in [2.24, 2.45) is 5.92 Å². The molecule has 1 aromatic rings. The average molecular weight is 286 g/mol. The predicted octanol–water partition coefficient (Wildman–Crippen LogP) is 3.34. The molecule has 0 aromatic heterocycles. The highest BCUT2D eigenvalue weighted by Gasteiger charge is 2.53. The number of carbonyl (C=O) groups excluding carboxylic acids is 1. The third-order valence-electron chi connectivity index (χ3n) is 5.51. The number of likely N-dealkylation sites (N-methyl/N-ethyl adjacent to an activating group) is 1. The second-order valence-electron chi connectivity index (χ2n) is 6.95. The number of nitrogens with two attached hydrogens (primary N) is 1. The Labute approximate surface area is 127 Å². The van der Waals surface area contributed by atoms with Gasteiger partial charge in [0.2, 0.25) is 5.91 Å². The monoisotopic (exact) mass is 286 g/mol. The Morgan fingerprint density at radius 2 is 1.81 bits per heavy atom. The lowest BCUT2D eigenvalue weighted by Gasteiger charge is -2.38. The van der Waals surface area contributed by atoms with Gasteiger partial charge in [-0.1, -0.05) is 31.9 Å². The molecule has 0 saturated heterocycles. The number of hydrogen-bond donors (Lipinski definition) is 1. The fourth-order valence-electron chi connectivity index (χ4n) is 3.91. The fourth-order valence-corrected chi connectivity index (χ4v) is 3.91. The normalized spacial score (nSPS) is 27.1. The van der Waals surface area contributed by atoms with Crippen molar-refractivity contribution in [2.75, 3.05) is 12.8 Å². The Bertz CT molecular complexity index is 519. The molecule has 2 N–H and O–H groups in total. The van der Waals surface area contributed by atoms with E-state index in [0.29, 0.717) is 17.9 Å². The SMILES string of the molecule is CC1CCCCC1N(C)C(=O)C1(c2ccc(N)cc2)CC1. The fraction of sp³-hybridized carbons (Fsp3) is 0.611. The van der Waals surface area contributed by atoms with Gasteiger partial charge in [-0.3, -0.25) is 4.79 Å². The van der Waals surface area contributed by atoms with E-state index >= 15 is 0 Å². The van der Waals surface area contributed by atoms with Crippen LogP contribution >= 0.6 is 0 Å². The van der Waals surface area contributed by atoms with Crippen molar-refractivity contribution in [3.63, 3.8) is 0 Å². The molecule has 3 rings (SSSR count). The molecular weight excluding hydrogens is 260 g/mol. The van der Waals surface area contributed by atoms with Gasteiger partial charge in [0.05, 0.1) is 5.41 Å². The van der Waals surface area contributed by atoms with Crippen LogP contribution in [0.25, 0.3) is 0 Å². The van der Waals surface area contributed by atoms with E-state index < -0.39 is 0 Å². The Morgan fingerprint density at radius 3 is 2.38 bits per heavy atom. The first-order valence-electron chi connectivity index (χ1n) is 8.18. The first-order chi connectivity index (χ1) is 10.0. The number of nitrogen functional groups attached to an aromatic ring is 1. The summed E-state index contributed by atoms with van der Waals surface area (Å²) < 4.78 is 0. The minimum atomic E-state index is -0.264. The van der Waals surface area contributed by atoms with Crippen molar-refractivity contribution >= 4 is 11.6 Å². The summed E-state index contributed by atoms with van der Waals surface area (Å²) in [5.74, 6) is 0.931. The Hall–Kier alpha value is -1.51. The largest absolute Gasteiger partial charge is 0.399 e. The second-order valence-corrected chi connectivity index (χ2v) is 6.95. The van der Waals surface area contributed by atoms with Gasteiger partial charge >= 0.3 is 0 Å². The molecule has 0 bridgehead atoms. The van der Waals surface area contributed by atoms with Gasteiger partial charge in [0.1, 0.15) is 0 Å². The highest BCUT2D eigenvalue weighted by atomic mass is 16.2. The molecule has 21 heavy (non-hydrogen) atoms. The zero-order valence-corrected chi connectivity index (χ0v) is 13.1. The van der Waals surface area contributed by atoms with Crippen LogP contribution in [0.3, 0.4) is 0 Å². The maximum atomic E-state index is 13.1. The lowest BCUT2D eigenvalue weighted by Crippen LogP contribution is -2.47. The number of anilines is 1. The first kappa shape index (κ1) is 14.4. The van der Waals surface area contributed by atoms with Crippen molar-refractivity contribution in [3.8, 4) is 0 Å². The summed E-state index contributed by atoms with van der Waals surface area (Å²) >= 11 is 0. The van der Waals surface area contributed by atoms with Crippen molar-refractivity contribution in [3.05, 3.63) is 29.8 Å². The van der Waals surface area contributed by atoms with Crippen LogP contribution in [0.2, 0.25) is 0 Å². The van der Waals surface area contributed by atoms with Crippen molar-refractivity contribution in [2.45, 2.75) is 56.9 Å². The molecule has 3 nitrogen and oxygen atoms in total. The van der Waals surface area contributed by atoms with Crippen LogP contribution in [0.1, 0.15) is 51.0 Å². The van der Waals surface area contributed by atoms with Crippen LogP contribution in [-0.4, -0.2) is 23.9 Å². The highest BCUT2D eigenvalue weighted by Crippen LogP contribution is 2.50. The zero-order chi connectivity index (χ0) is 15.0. The van der Waals surface area contributed by atoms with Crippen LogP contribution < -0.4 is 5.73 Å². The molecule has 2 aliphatic carbocycles. The van der Waals surface area contributed by atoms with Crippen molar-refractivity contribution in [1.82, 2.24) is 4.90 Å². The standard InChI is InChI=1S/C18H26N2O/c1-13-5-3-4-6-16(13)20(2)17(21)18(11-12-18)14-7-9-15(19)10-8-14/h7-10,13,16H,3-6,11-12,19H2,1-2H3. The summed E-state index contributed by atoms with van der Waals surface area (Å²) in [7, 11) is 2.01. The Morgan fingerprint density at radius 1 is 1.19 bits per heavy atom. The summed E-state index contributed by atoms with van der Waals surface area (Å²) in [4.78, 5) is 15.1. The number of rotatable bonds is 3. The van der Waals surface area contributed by atoms with Gasteiger partial charge in [-0.25, -0.2) is 0 Å². The van der Waals surface area contributed by atoms with E-state index in [1.165, 1.54) is 19.3 Å². The summed E-state index contributed by atoms with van der Waals surface area (Å²) in [5, 5.41) is 0. The van der Waals surface area contributed by atoms with Gasteiger partial charge in [0, 0.05) is 18.8 Å². The maximum absolute atomic E-state index is 13.1. The summed E-state index contributed by atoms with van der Waals surface area (Å²) in [6.07, 6.45) is 6.91. The van der Waals surface area contributed by atoms with E-state index in [4.69, 9.17) is 5.73 Å². The van der Waals surface area contributed by atoms with Crippen LogP contribution in [0.4, 0.5) is 5.69 Å². The summed E-state index contributed by atoms with van der Waals surface area (Å²) in [5.41, 5.74) is 7.40. The lowest BCUT2D eigenvalue weighted by molar-refractivity contribution is -0.136. The molecule has 2 unspecified atom stereocenters. The molecule has 2 aliphatic rings. The minimum Gasteiger partial charge on any atom is -0.399 e. The number of nitrogens with zero attached hydrogens (tertiary/aromatic N) is 1. The zero-order valence-electron chi connectivity index (χ0n) is 13.1. The summed E-state index contributed by atoms with van der Waals surface area (Å²) in [6.45, 7) is 2.29. The molecule has 0 aliphatic heterocycles. The van der Waals surface area contributed by atoms with E-state index in [1.807, 2.05) is 36.2 Å². The third kappa shape index (κ3) is 2.54. The lowest BCUT2D eigenvalue weighted by atomic mass is 9.84. The first-order valence-corrected chi connectivity index (χ1v) is 8.18. The van der Waals surface area contributed by atoms with E-state index in [1.54, 1.807) is 0 Å². The predicted molar refractivity (Wildman–Crippen MR) is 86.0 cm³/mol. The van der Waals surface area contributed by atoms with Crippen LogP contribution in [-0.2, 0) is 10.2 Å². The van der Waals surface area contributed by atoms with Gasteiger partial charge < -0.3 is 10.6 Å². The molecule has 0 heterocycles. The molecular formula is C18H26N2O. The Balaban J connectivity index is 1.79. The average Bonchev–Trinajstić information content (AvgIpc) is 3.29. The molecule has 2 fully saturated rings. The van der Waals surface area contributed by atoms with E-state index in [0.717, 1.165) is 30.5 Å². The third-order valence-corrected chi connectivity index (χ3v) is 5.51. The van der Waals surface area contributed by atoms with Gasteiger partial charge in [-0.05, 0) is 49.3 Å². The molecule has 1 amide bonds. The molecule has 0 spiro atoms. The molecule has 0 radical (unpaired) electrons. The second kappa shape index (κ2) is 5.36. The quantitative estimate of drug-likeness (QED) is 0.866. The molecule has 1 aromatic carbocycles. The van der Waals surface area contributed by atoms with Crippen LogP contribution in [0.5, 0.6) is 0 Å². The minimum absolute atomic E-state index is 0.264. The van der Waals surface area contributed by atoms with Crippen molar-refractivity contribution < 1.29 is 4.79 Å². The Kier molecular flexibility index (Phi) is 3.68. The van der Waals surface area contributed by atoms with Gasteiger partial charge in [-0.2, -0.15) is 0 Å². The van der Waals surface area contributed by atoms with Crippen molar-refractivity contribution in [1.29, 1.82) is 0 Å². The van der Waals surface area contributed by atoms with E-state index in [2.05, 4.69) is 6.92 Å². The molecule has 2 atom stereocenters. The number of benzene rings is 1. The number of carbonyl (C=O) groups is 1. The van der Waals surface area contributed by atoms with E-state index in [9.17, 15) is 4.79 Å². The molecule has 3 heteroatoms. The number of hydrogen-bond acceptors (Lipinski definition) is 2. The van der Waals surface area contributed by atoms with Gasteiger partial charge in [0.15, 0.2) is 0 Å². The smallest absolute Gasteiger partial charge is 0.233 e. The highest BCUT2D eigenvalue weighted by molar-refractivity contribution is 5.91. The topological polar surface area (TPSA) is 46.3 Å². The van der Waals surface area contributed by atoms with Gasteiger partial charge in [0.25, 0.3) is 0 Å².